The van der Waals surface area contributed by atoms with Gasteiger partial charge < -0.3 is 5.41 Å². The van der Waals surface area contributed by atoms with Gasteiger partial charge in [-0.25, -0.2) is 0 Å². The molecule has 1 aliphatic rings. The van der Waals surface area contributed by atoms with Gasteiger partial charge in [0.1, 0.15) is 0 Å². The Morgan fingerprint density at radius 1 is 1.33 bits per heavy atom. The van der Waals surface area contributed by atoms with Crippen molar-refractivity contribution >= 4 is 11.9 Å². The third kappa shape index (κ3) is 1.05. The van der Waals surface area contributed by atoms with Gasteiger partial charge in [0.05, 0.1) is 5.71 Å². The minimum absolute atomic E-state index is 0.817. The quantitative estimate of drug-likeness (QED) is 0.604. The number of aliphatic imine (C=N–C) groups is 1. The molecule has 0 fully saturated rings. The van der Waals surface area contributed by atoms with E-state index in [9.17, 15) is 0 Å². The normalized spacial score (nSPS) is 14.8. The van der Waals surface area contributed by atoms with Crippen LogP contribution in [-0.2, 0) is 6.42 Å². The first-order valence-corrected chi connectivity index (χ1v) is 4.05. The molecule has 0 amide bonds. The van der Waals surface area contributed by atoms with E-state index in [-0.39, 0.29) is 0 Å². The molecule has 2 heteroatoms. The third-order valence-electron chi connectivity index (χ3n) is 2.09. The van der Waals surface area contributed by atoms with Crippen LogP contribution in [0.25, 0.3) is 0 Å². The van der Waals surface area contributed by atoms with Gasteiger partial charge in [-0.1, -0.05) is 24.3 Å². The van der Waals surface area contributed by atoms with Crippen LogP contribution in [0, 0.1) is 5.41 Å². The highest BCUT2D eigenvalue weighted by Crippen LogP contribution is 2.14. The molecule has 0 atom stereocenters. The first-order valence-electron chi connectivity index (χ1n) is 4.05. The number of hydrogen-bond donors (Lipinski definition) is 1. The molecule has 0 bridgehead atoms. The number of hydrogen-bond acceptors (Lipinski definition) is 2. The van der Waals surface area contributed by atoms with Gasteiger partial charge in [-0.15, -0.1) is 0 Å². The standard InChI is InChI=1S/C10H10N2/c11-7-10-9-4-2-1-3-8(9)5-6-12-10/h1-4,7,11H,5-6H2. The minimum atomic E-state index is 0.817. The van der Waals surface area contributed by atoms with E-state index in [1.54, 1.807) is 0 Å². The zero-order valence-corrected chi connectivity index (χ0v) is 6.75. The molecule has 2 rings (SSSR count). The molecule has 0 saturated heterocycles. The number of nitrogens with zero attached hydrogens (tertiary/aromatic N) is 1. The van der Waals surface area contributed by atoms with Crippen LogP contribution in [0.2, 0.25) is 0 Å². The van der Waals surface area contributed by atoms with E-state index in [2.05, 4.69) is 11.1 Å². The summed E-state index contributed by atoms with van der Waals surface area (Å²) in [6, 6.07) is 8.15. The smallest absolute Gasteiger partial charge is 0.0824 e. The largest absolute Gasteiger partial charge is 0.306 e. The van der Waals surface area contributed by atoms with Gasteiger partial charge in [0.2, 0.25) is 0 Å². The fraction of sp³-hybridized carbons (Fsp3) is 0.200. The molecule has 0 spiro atoms. The Morgan fingerprint density at radius 2 is 2.17 bits per heavy atom. The lowest BCUT2D eigenvalue weighted by Crippen LogP contribution is -2.13. The Bertz CT molecular complexity index is 339. The summed E-state index contributed by atoms with van der Waals surface area (Å²) in [6.45, 7) is 0.821. The first kappa shape index (κ1) is 7.22. The molecule has 2 nitrogen and oxygen atoms in total. The lowest BCUT2D eigenvalue weighted by molar-refractivity contribution is 0.948. The molecule has 0 aliphatic carbocycles. The lowest BCUT2D eigenvalue weighted by atomic mass is 9.98. The maximum Gasteiger partial charge on any atom is 0.0824 e. The van der Waals surface area contributed by atoms with E-state index in [1.807, 2.05) is 18.2 Å². The fourth-order valence-corrected chi connectivity index (χ4v) is 1.49. The van der Waals surface area contributed by atoms with Gasteiger partial charge in [-0.3, -0.25) is 4.99 Å². The average Bonchev–Trinajstić information content (AvgIpc) is 2.17. The zero-order chi connectivity index (χ0) is 8.39. The maximum absolute atomic E-state index is 7.17. The van der Waals surface area contributed by atoms with E-state index >= 15 is 0 Å². The van der Waals surface area contributed by atoms with Gasteiger partial charge >= 0.3 is 0 Å². The summed E-state index contributed by atoms with van der Waals surface area (Å²) in [4.78, 5) is 4.26. The highest BCUT2D eigenvalue weighted by atomic mass is 14.8. The van der Waals surface area contributed by atoms with Gasteiger partial charge in [0, 0.05) is 18.3 Å². The van der Waals surface area contributed by atoms with E-state index in [1.165, 1.54) is 11.8 Å². The van der Waals surface area contributed by atoms with Gasteiger partial charge in [-0.2, -0.15) is 0 Å². The number of nitrogens with one attached hydrogen (secondary N) is 1. The predicted molar refractivity (Wildman–Crippen MR) is 50.3 cm³/mol. The fourth-order valence-electron chi connectivity index (χ4n) is 1.49. The topological polar surface area (TPSA) is 36.2 Å². The molecule has 1 aliphatic heterocycles. The number of fused-ring (bicyclic) bond motifs is 1. The molecule has 60 valence electrons. The summed E-state index contributed by atoms with van der Waals surface area (Å²) < 4.78 is 0. The molecule has 1 aromatic carbocycles. The summed E-state index contributed by atoms with van der Waals surface area (Å²) in [7, 11) is 0. The van der Waals surface area contributed by atoms with E-state index in [0.717, 1.165) is 24.2 Å². The van der Waals surface area contributed by atoms with E-state index in [0.29, 0.717) is 0 Å². The molecular weight excluding hydrogens is 148 g/mol. The van der Waals surface area contributed by atoms with E-state index < -0.39 is 0 Å². The van der Waals surface area contributed by atoms with Crippen LogP contribution in [-0.4, -0.2) is 18.5 Å². The summed E-state index contributed by atoms with van der Waals surface area (Å²) in [5, 5.41) is 7.17. The molecule has 0 saturated carbocycles. The Hall–Kier alpha value is -1.44. The maximum atomic E-state index is 7.17. The summed E-state index contributed by atoms with van der Waals surface area (Å²) in [5.41, 5.74) is 3.25. The van der Waals surface area contributed by atoms with E-state index in [4.69, 9.17) is 5.41 Å². The van der Waals surface area contributed by atoms with Crippen LogP contribution in [0.5, 0.6) is 0 Å². The Labute approximate surface area is 71.5 Å². The van der Waals surface area contributed by atoms with Crippen molar-refractivity contribution in [1.82, 2.24) is 0 Å². The highest BCUT2D eigenvalue weighted by Gasteiger charge is 2.09. The molecule has 0 radical (unpaired) electrons. The average molecular weight is 158 g/mol. The molecular formula is C10H10N2. The summed E-state index contributed by atoms with van der Waals surface area (Å²) >= 11 is 0. The second-order valence-electron chi connectivity index (χ2n) is 2.82. The van der Waals surface area contributed by atoms with Crippen molar-refractivity contribution in [2.75, 3.05) is 6.54 Å². The van der Waals surface area contributed by atoms with Crippen molar-refractivity contribution in [1.29, 1.82) is 5.41 Å². The minimum Gasteiger partial charge on any atom is -0.306 e. The molecule has 0 aromatic heterocycles. The molecule has 12 heavy (non-hydrogen) atoms. The van der Waals surface area contributed by atoms with Crippen LogP contribution in [0.1, 0.15) is 11.1 Å². The van der Waals surface area contributed by atoms with Gasteiger partial charge in [-0.05, 0) is 12.0 Å². The Balaban J connectivity index is 2.55. The van der Waals surface area contributed by atoms with Crippen molar-refractivity contribution in [3.63, 3.8) is 0 Å². The monoisotopic (exact) mass is 158 g/mol. The van der Waals surface area contributed by atoms with Crippen molar-refractivity contribution in [3.8, 4) is 0 Å². The van der Waals surface area contributed by atoms with Crippen LogP contribution in [0.4, 0.5) is 0 Å². The molecule has 1 N–H and O–H groups in total. The molecule has 0 unspecified atom stereocenters. The first-order chi connectivity index (χ1) is 5.92. The van der Waals surface area contributed by atoms with Gasteiger partial charge in [0.15, 0.2) is 0 Å². The van der Waals surface area contributed by atoms with Crippen LogP contribution in [0.3, 0.4) is 0 Å². The van der Waals surface area contributed by atoms with Crippen LogP contribution < -0.4 is 0 Å². The second-order valence-corrected chi connectivity index (χ2v) is 2.82. The Morgan fingerprint density at radius 3 is 3.00 bits per heavy atom. The third-order valence-corrected chi connectivity index (χ3v) is 2.09. The van der Waals surface area contributed by atoms with Gasteiger partial charge in [0.25, 0.3) is 0 Å². The zero-order valence-electron chi connectivity index (χ0n) is 6.75. The second kappa shape index (κ2) is 2.89. The van der Waals surface area contributed by atoms with Crippen molar-refractivity contribution in [2.45, 2.75) is 6.42 Å². The van der Waals surface area contributed by atoms with Crippen molar-refractivity contribution in [2.24, 2.45) is 4.99 Å². The van der Waals surface area contributed by atoms with Crippen LogP contribution >= 0.6 is 0 Å². The molecule has 1 heterocycles. The van der Waals surface area contributed by atoms with Crippen LogP contribution in [0.15, 0.2) is 29.3 Å². The number of benzene rings is 1. The lowest BCUT2D eigenvalue weighted by Gasteiger charge is -2.12. The predicted octanol–water partition coefficient (Wildman–Crippen LogP) is 1.68. The summed E-state index contributed by atoms with van der Waals surface area (Å²) in [5.74, 6) is 0. The molecule has 1 aromatic rings. The SMILES string of the molecule is N=CC1=NCCc2ccccc21. The highest BCUT2D eigenvalue weighted by molar-refractivity contribution is 6.37. The van der Waals surface area contributed by atoms with Crippen molar-refractivity contribution < 1.29 is 0 Å². The Kier molecular flexibility index (Phi) is 1.74. The number of rotatable bonds is 1. The van der Waals surface area contributed by atoms with Crippen molar-refractivity contribution in [3.05, 3.63) is 35.4 Å². The summed E-state index contributed by atoms with van der Waals surface area (Å²) in [6.07, 6.45) is 2.34.